The minimum atomic E-state index is -2.59. The van der Waals surface area contributed by atoms with Crippen molar-refractivity contribution in [2.45, 2.75) is 68.2 Å². The van der Waals surface area contributed by atoms with Crippen LogP contribution >= 0.6 is 0 Å². The molecule has 2 aromatic carbocycles. The van der Waals surface area contributed by atoms with Gasteiger partial charge in [0.2, 0.25) is 0 Å². The van der Waals surface area contributed by atoms with Gasteiger partial charge in [-0.3, -0.25) is 12.2 Å². The number of hydrogen-bond acceptors (Lipinski definition) is 0. The first kappa shape index (κ1) is 33.1. The van der Waals surface area contributed by atoms with Crippen molar-refractivity contribution in [3.8, 4) is 0 Å². The first-order valence-electron chi connectivity index (χ1n) is 12.2. The maximum atomic E-state index is 3.79. The van der Waals surface area contributed by atoms with Crippen molar-refractivity contribution in [1.29, 1.82) is 0 Å². The summed E-state index contributed by atoms with van der Waals surface area (Å²) in [7, 11) is -2.59. The molecule has 0 unspecified atom stereocenters. The second-order valence-corrected chi connectivity index (χ2v) is 15.3. The molecule has 0 saturated carbocycles. The van der Waals surface area contributed by atoms with E-state index in [1.54, 1.807) is 21.5 Å². The van der Waals surface area contributed by atoms with Crippen LogP contribution in [0, 0.1) is 23.0 Å². The molecule has 0 nitrogen and oxygen atoms in total. The molecule has 0 bridgehead atoms. The summed E-state index contributed by atoms with van der Waals surface area (Å²) in [6, 6.07) is 22.8. The Kier molecular flexibility index (Phi) is 11.3. The molecule has 0 atom stereocenters. The molecule has 0 saturated heterocycles. The van der Waals surface area contributed by atoms with E-state index in [0.717, 1.165) is 12.8 Å². The Bertz CT molecular complexity index is 1080. The van der Waals surface area contributed by atoms with E-state index in [1.807, 2.05) is 0 Å². The molecule has 0 fully saturated rings. The quantitative estimate of drug-likeness (QED) is 0.361. The fourth-order valence-corrected chi connectivity index (χ4v) is 12.0. The monoisotopic (exact) mass is 610 g/mol. The Hall–Kier alpha value is -0.920. The van der Waals surface area contributed by atoms with Crippen molar-refractivity contribution in [3.63, 3.8) is 0 Å². The molecular formula is C32H38Cl2SiZr. The molecule has 0 aromatic heterocycles. The van der Waals surface area contributed by atoms with Gasteiger partial charge < -0.3 is 24.8 Å². The van der Waals surface area contributed by atoms with E-state index >= 15 is 0 Å². The van der Waals surface area contributed by atoms with E-state index in [-0.39, 0.29) is 61.8 Å². The molecular weight excluding hydrogens is 575 g/mol. The number of halogens is 2. The van der Waals surface area contributed by atoms with Gasteiger partial charge in [-0.1, -0.05) is 126 Å². The van der Waals surface area contributed by atoms with Gasteiger partial charge in [-0.15, -0.1) is 12.8 Å². The summed E-state index contributed by atoms with van der Waals surface area (Å²) >= 11 is 0. The summed E-state index contributed by atoms with van der Waals surface area (Å²) in [5, 5.41) is 6.09. The van der Waals surface area contributed by atoms with Crippen molar-refractivity contribution < 1.29 is 51.0 Å². The van der Waals surface area contributed by atoms with E-state index in [4.69, 9.17) is 0 Å². The van der Waals surface area contributed by atoms with Gasteiger partial charge in [0.05, 0.1) is 0 Å². The van der Waals surface area contributed by atoms with E-state index in [1.165, 1.54) is 21.5 Å². The molecule has 4 heteroatoms. The first-order chi connectivity index (χ1) is 15.5. The van der Waals surface area contributed by atoms with E-state index in [0.29, 0.717) is 0 Å². The molecule has 2 aliphatic rings. The van der Waals surface area contributed by atoms with Crippen LogP contribution in [0.1, 0.15) is 68.2 Å². The fourth-order valence-electron chi connectivity index (χ4n) is 5.79. The molecule has 0 spiro atoms. The summed E-state index contributed by atoms with van der Waals surface area (Å²) in [5.41, 5.74) is 5.98. The maximum absolute atomic E-state index is 3.79. The topological polar surface area (TPSA) is 0 Å². The molecule has 0 amide bonds. The van der Waals surface area contributed by atoms with Crippen LogP contribution in [-0.4, -0.2) is 8.07 Å². The van der Waals surface area contributed by atoms with E-state index in [9.17, 15) is 0 Å². The second kappa shape index (κ2) is 12.3. The van der Waals surface area contributed by atoms with Crippen LogP contribution in [0.5, 0.6) is 0 Å². The van der Waals surface area contributed by atoms with Crippen LogP contribution in [0.2, 0.25) is 0 Å². The summed E-state index contributed by atoms with van der Waals surface area (Å²) in [4.78, 5) is 0. The summed E-state index contributed by atoms with van der Waals surface area (Å²) in [6.07, 6.45) is 9.44. The van der Waals surface area contributed by atoms with Crippen LogP contribution in [0.15, 0.2) is 93.3 Å². The Labute approximate surface area is 252 Å². The predicted octanol–water partition coefficient (Wildman–Crippen LogP) is 1.33. The van der Waals surface area contributed by atoms with E-state index < -0.39 is 8.07 Å². The molecule has 0 radical (unpaired) electrons. The zero-order valence-corrected chi connectivity index (χ0v) is 27.9. The Morgan fingerprint density at radius 2 is 0.889 bits per heavy atom. The SMILES string of the molecule is CC1=[C-]CC(C(C)(C)C)=C1[Si](C1=C(C(C)(C)C)C[C-]=C1C)(c1ccccc1)c1ccccc1.[Cl-].[Cl-].[Zr+4]. The van der Waals surface area contributed by atoms with Gasteiger partial charge in [-0.25, -0.2) is 11.1 Å². The Morgan fingerprint density at radius 1 is 0.583 bits per heavy atom. The molecule has 2 aromatic rings. The third-order valence-electron chi connectivity index (χ3n) is 7.39. The normalized spacial score (nSPS) is 16.1. The van der Waals surface area contributed by atoms with Crippen molar-refractivity contribution >= 4 is 18.4 Å². The molecule has 0 aliphatic heterocycles. The average molecular weight is 613 g/mol. The van der Waals surface area contributed by atoms with Crippen molar-refractivity contribution in [3.05, 3.63) is 106 Å². The Morgan fingerprint density at radius 3 is 1.17 bits per heavy atom. The smallest absolute Gasteiger partial charge is 1.00 e. The van der Waals surface area contributed by atoms with Crippen LogP contribution in [0.3, 0.4) is 0 Å². The summed E-state index contributed by atoms with van der Waals surface area (Å²) in [6.45, 7) is 18.9. The van der Waals surface area contributed by atoms with Crippen LogP contribution < -0.4 is 35.2 Å². The molecule has 4 rings (SSSR count). The third-order valence-corrected chi connectivity index (χ3v) is 12.6. The van der Waals surface area contributed by atoms with Crippen LogP contribution in [-0.2, 0) is 26.2 Å². The van der Waals surface area contributed by atoms with Crippen molar-refractivity contribution in [2.24, 2.45) is 10.8 Å². The van der Waals surface area contributed by atoms with Crippen molar-refractivity contribution in [2.75, 3.05) is 0 Å². The summed E-state index contributed by atoms with van der Waals surface area (Å²) in [5.74, 6) is 0. The minimum Gasteiger partial charge on any atom is -1.00 e. The minimum absolute atomic E-state index is 0. The zero-order chi connectivity index (χ0) is 24.0. The predicted molar refractivity (Wildman–Crippen MR) is 145 cm³/mol. The van der Waals surface area contributed by atoms with E-state index in [2.05, 4.69) is 128 Å². The molecule has 0 heterocycles. The molecule has 0 N–H and O–H groups in total. The van der Waals surface area contributed by atoms with Crippen LogP contribution in [0.25, 0.3) is 0 Å². The largest absolute Gasteiger partial charge is 4.00 e. The number of benzene rings is 2. The Balaban J connectivity index is 0.00000216. The van der Waals surface area contributed by atoms with Gasteiger partial charge in [0, 0.05) is 8.07 Å². The number of rotatable bonds is 4. The van der Waals surface area contributed by atoms with Gasteiger partial charge in [-0.2, -0.15) is 21.5 Å². The standard InChI is InChI=1S/C32H38Si.2ClH.Zr/c1-23-19-21-27(31(3,4)5)29(23)33(25-15-11-9-12-16-25,26-17-13-10-14-18-26)30-24(2)20-22-28(30)32(6,7)8;;;/h9-18H,21-22H2,1-8H3;2*1H;/q-2;;;+4/p-2. The van der Waals surface area contributed by atoms with Gasteiger partial charge in [0.1, 0.15) is 0 Å². The molecule has 188 valence electrons. The average Bonchev–Trinajstić information content (AvgIpc) is 3.34. The number of hydrogen-bond donors (Lipinski definition) is 0. The van der Waals surface area contributed by atoms with Crippen LogP contribution in [0.4, 0.5) is 0 Å². The third kappa shape index (κ3) is 5.73. The van der Waals surface area contributed by atoms with Crippen molar-refractivity contribution in [1.82, 2.24) is 0 Å². The second-order valence-electron chi connectivity index (χ2n) is 11.6. The fraction of sp³-hybridized carbons (Fsp3) is 0.375. The van der Waals surface area contributed by atoms with Gasteiger partial charge in [-0.05, 0) is 10.8 Å². The number of allylic oxidation sites excluding steroid dienone is 8. The maximum Gasteiger partial charge on any atom is 4.00 e. The van der Waals surface area contributed by atoms with Gasteiger partial charge in [0.25, 0.3) is 0 Å². The molecule has 36 heavy (non-hydrogen) atoms. The molecule has 2 aliphatic carbocycles. The summed E-state index contributed by atoms with van der Waals surface area (Å²) < 4.78 is 0. The van der Waals surface area contributed by atoms with Gasteiger partial charge >= 0.3 is 26.2 Å². The van der Waals surface area contributed by atoms with Gasteiger partial charge in [0.15, 0.2) is 0 Å². The zero-order valence-electron chi connectivity index (χ0n) is 22.9. The first-order valence-corrected chi connectivity index (χ1v) is 14.2.